The molecule has 1 aromatic rings. The van der Waals surface area contributed by atoms with Crippen LogP contribution in [-0.4, -0.2) is 16.8 Å². The molecule has 1 atom stereocenters. The molecule has 0 aliphatic carbocycles. The Hall–Kier alpha value is -1.68. The highest BCUT2D eigenvalue weighted by molar-refractivity contribution is 6.06. The van der Waals surface area contributed by atoms with Crippen molar-refractivity contribution in [2.75, 3.05) is 5.32 Å². The second kappa shape index (κ2) is 5.42. The fourth-order valence-electron chi connectivity index (χ4n) is 1.13. The normalized spacial score (nSPS) is 11.9. The van der Waals surface area contributed by atoms with Crippen LogP contribution in [0.5, 0.6) is 0 Å². The minimum absolute atomic E-state index is 0.0297. The molecule has 1 amide bonds. The van der Waals surface area contributed by atoms with E-state index in [0.717, 1.165) is 5.56 Å². The summed E-state index contributed by atoms with van der Waals surface area (Å²) in [6, 6.07) is 6.81. The van der Waals surface area contributed by atoms with E-state index in [1.807, 2.05) is 0 Å². The fourth-order valence-corrected chi connectivity index (χ4v) is 1.13. The van der Waals surface area contributed by atoms with Gasteiger partial charge in [-0.25, -0.2) is 0 Å². The van der Waals surface area contributed by atoms with Crippen LogP contribution in [0, 0.1) is 5.92 Å². The van der Waals surface area contributed by atoms with E-state index in [-0.39, 0.29) is 18.3 Å². The van der Waals surface area contributed by atoms with E-state index in [2.05, 4.69) is 5.32 Å². The van der Waals surface area contributed by atoms with E-state index in [0.29, 0.717) is 5.69 Å². The second-order valence-corrected chi connectivity index (χ2v) is 3.68. The maximum Gasteiger partial charge on any atom is 0.234 e. The molecule has 0 bridgehead atoms. The summed E-state index contributed by atoms with van der Waals surface area (Å²) in [7, 11) is 0. The monoisotopic (exact) mass is 221 g/mol. The number of aliphatic hydroxyl groups is 1. The predicted molar refractivity (Wildman–Crippen MR) is 60.8 cm³/mol. The van der Waals surface area contributed by atoms with Crippen molar-refractivity contribution in [2.45, 2.75) is 20.5 Å². The molecule has 0 saturated heterocycles. The molecule has 0 fully saturated rings. The van der Waals surface area contributed by atoms with Crippen molar-refractivity contribution in [3.63, 3.8) is 0 Å². The molecule has 1 aromatic carbocycles. The van der Waals surface area contributed by atoms with Crippen LogP contribution in [0.4, 0.5) is 5.69 Å². The molecule has 4 heteroatoms. The van der Waals surface area contributed by atoms with E-state index < -0.39 is 5.92 Å². The van der Waals surface area contributed by atoms with Crippen LogP contribution in [0.15, 0.2) is 24.3 Å². The highest BCUT2D eigenvalue weighted by Gasteiger charge is 2.17. The van der Waals surface area contributed by atoms with Gasteiger partial charge in [-0.15, -0.1) is 0 Å². The van der Waals surface area contributed by atoms with Gasteiger partial charge in [0.1, 0.15) is 5.78 Å². The Morgan fingerprint density at radius 2 is 1.88 bits per heavy atom. The van der Waals surface area contributed by atoms with Crippen LogP contribution in [0.25, 0.3) is 0 Å². The average molecular weight is 221 g/mol. The molecule has 0 spiro atoms. The molecule has 0 radical (unpaired) electrons. The summed E-state index contributed by atoms with van der Waals surface area (Å²) in [6.45, 7) is 2.93. The Labute approximate surface area is 94.3 Å². The molecule has 0 saturated carbocycles. The minimum Gasteiger partial charge on any atom is -0.392 e. The topological polar surface area (TPSA) is 66.4 Å². The number of hydrogen-bond donors (Lipinski definition) is 2. The quantitative estimate of drug-likeness (QED) is 0.754. The van der Waals surface area contributed by atoms with E-state index in [4.69, 9.17) is 5.11 Å². The lowest BCUT2D eigenvalue weighted by molar-refractivity contribution is -0.129. The van der Waals surface area contributed by atoms with Crippen LogP contribution in [0.2, 0.25) is 0 Å². The number of carbonyl (C=O) groups excluding carboxylic acids is 2. The zero-order chi connectivity index (χ0) is 12.1. The van der Waals surface area contributed by atoms with Crippen LogP contribution in [-0.2, 0) is 16.2 Å². The second-order valence-electron chi connectivity index (χ2n) is 3.68. The summed E-state index contributed by atoms with van der Waals surface area (Å²) in [5, 5.41) is 11.5. The molecule has 1 unspecified atom stereocenters. The van der Waals surface area contributed by atoms with Crippen molar-refractivity contribution in [3.8, 4) is 0 Å². The number of rotatable bonds is 4. The van der Waals surface area contributed by atoms with Gasteiger partial charge < -0.3 is 10.4 Å². The van der Waals surface area contributed by atoms with Gasteiger partial charge in [-0.05, 0) is 31.5 Å². The van der Waals surface area contributed by atoms with Crippen molar-refractivity contribution in [1.82, 2.24) is 0 Å². The third kappa shape index (κ3) is 3.17. The summed E-state index contributed by atoms with van der Waals surface area (Å²) < 4.78 is 0. The zero-order valence-corrected chi connectivity index (χ0v) is 9.36. The van der Waals surface area contributed by atoms with Gasteiger partial charge in [0.25, 0.3) is 0 Å². The molecule has 4 nitrogen and oxygen atoms in total. The molecule has 0 heterocycles. The van der Waals surface area contributed by atoms with E-state index in [1.54, 1.807) is 31.2 Å². The molecule has 86 valence electrons. The van der Waals surface area contributed by atoms with Crippen molar-refractivity contribution in [2.24, 2.45) is 5.92 Å². The molecule has 2 N–H and O–H groups in total. The standard InChI is InChI=1S/C12H15NO3/c1-8(9(2)15)12(16)13-11-5-3-10(7-14)4-6-11/h3-6,8,14H,7H2,1-2H3,(H,13,16). The van der Waals surface area contributed by atoms with Gasteiger partial charge in [-0.1, -0.05) is 12.1 Å². The summed E-state index contributed by atoms with van der Waals surface area (Å²) in [6.07, 6.45) is 0. The molecular formula is C12H15NO3. The molecule has 0 aromatic heterocycles. The van der Waals surface area contributed by atoms with Crippen molar-refractivity contribution < 1.29 is 14.7 Å². The largest absolute Gasteiger partial charge is 0.392 e. The van der Waals surface area contributed by atoms with Gasteiger partial charge in [0.15, 0.2) is 0 Å². The summed E-state index contributed by atoms with van der Waals surface area (Å²) in [5.41, 5.74) is 1.40. The smallest absolute Gasteiger partial charge is 0.234 e. The zero-order valence-electron chi connectivity index (χ0n) is 9.36. The Morgan fingerprint density at radius 3 is 2.31 bits per heavy atom. The van der Waals surface area contributed by atoms with Crippen molar-refractivity contribution >= 4 is 17.4 Å². The fraction of sp³-hybridized carbons (Fsp3) is 0.333. The van der Waals surface area contributed by atoms with Gasteiger partial charge in [0.2, 0.25) is 5.91 Å². The molecule has 16 heavy (non-hydrogen) atoms. The minimum atomic E-state index is -0.641. The number of nitrogens with one attached hydrogen (secondary N) is 1. The number of carbonyl (C=O) groups is 2. The first-order valence-corrected chi connectivity index (χ1v) is 5.05. The Kier molecular flexibility index (Phi) is 4.19. The Balaban J connectivity index is 2.66. The van der Waals surface area contributed by atoms with Gasteiger partial charge in [0, 0.05) is 5.69 Å². The Bertz CT molecular complexity index is 384. The molecular weight excluding hydrogens is 206 g/mol. The number of ketones is 1. The van der Waals surface area contributed by atoms with Crippen molar-refractivity contribution in [3.05, 3.63) is 29.8 Å². The summed E-state index contributed by atoms with van der Waals surface area (Å²) in [4.78, 5) is 22.5. The van der Waals surface area contributed by atoms with E-state index in [1.165, 1.54) is 6.92 Å². The molecule has 1 rings (SSSR count). The third-order valence-corrected chi connectivity index (χ3v) is 2.41. The first-order chi connectivity index (χ1) is 7.54. The number of benzene rings is 1. The lowest BCUT2D eigenvalue weighted by Gasteiger charge is -2.09. The Morgan fingerprint density at radius 1 is 1.31 bits per heavy atom. The SMILES string of the molecule is CC(=O)C(C)C(=O)Nc1ccc(CO)cc1. The van der Waals surface area contributed by atoms with Gasteiger partial charge in [-0.3, -0.25) is 9.59 Å². The number of aliphatic hydroxyl groups excluding tert-OH is 1. The lowest BCUT2D eigenvalue weighted by atomic mass is 10.1. The molecule has 0 aliphatic heterocycles. The van der Waals surface area contributed by atoms with Crippen LogP contribution in [0.3, 0.4) is 0 Å². The first kappa shape index (κ1) is 12.4. The van der Waals surface area contributed by atoms with E-state index in [9.17, 15) is 9.59 Å². The highest BCUT2D eigenvalue weighted by atomic mass is 16.3. The number of Topliss-reactive ketones (excluding diaryl/α,β-unsaturated/α-hetero) is 1. The van der Waals surface area contributed by atoms with E-state index >= 15 is 0 Å². The summed E-state index contributed by atoms with van der Waals surface area (Å²) in [5.74, 6) is -1.12. The first-order valence-electron chi connectivity index (χ1n) is 5.05. The van der Waals surface area contributed by atoms with Gasteiger partial charge in [-0.2, -0.15) is 0 Å². The maximum atomic E-state index is 11.5. The van der Waals surface area contributed by atoms with Crippen molar-refractivity contribution in [1.29, 1.82) is 0 Å². The third-order valence-electron chi connectivity index (χ3n) is 2.41. The predicted octanol–water partition coefficient (Wildman–Crippen LogP) is 1.34. The molecule has 0 aliphatic rings. The number of hydrogen-bond acceptors (Lipinski definition) is 3. The lowest BCUT2D eigenvalue weighted by Crippen LogP contribution is -2.25. The number of anilines is 1. The maximum absolute atomic E-state index is 11.5. The van der Waals surface area contributed by atoms with Gasteiger partial charge >= 0.3 is 0 Å². The summed E-state index contributed by atoms with van der Waals surface area (Å²) >= 11 is 0. The number of amides is 1. The van der Waals surface area contributed by atoms with Crippen LogP contribution in [0.1, 0.15) is 19.4 Å². The van der Waals surface area contributed by atoms with Gasteiger partial charge in [0.05, 0.1) is 12.5 Å². The average Bonchev–Trinajstić information content (AvgIpc) is 2.28. The van der Waals surface area contributed by atoms with Crippen LogP contribution < -0.4 is 5.32 Å². The highest BCUT2D eigenvalue weighted by Crippen LogP contribution is 2.11. The van der Waals surface area contributed by atoms with Crippen LogP contribution >= 0.6 is 0 Å².